The van der Waals surface area contributed by atoms with Gasteiger partial charge in [0.05, 0.1) is 16.3 Å². The zero-order chi connectivity index (χ0) is 21.3. The van der Waals surface area contributed by atoms with Gasteiger partial charge in [0, 0.05) is 16.1 Å². The average Bonchev–Trinajstić information content (AvgIpc) is 2.99. The molecule has 3 aromatic rings. The van der Waals surface area contributed by atoms with Crippen LogP contribution in [-0.4, -0.2) is 18.7 Å². The smallest absolute Gasteiger partial charge is 0.197 e. The van der Waals surface area contributed by atoms with Crippen LogP contribution < -0.4 is 9.47 Å². The summed E-state index contributed by atoms with van der Waals surface area (Å²) >= 11 is 8.08. The number of Topliss-reactive ketones (excluding diaryl/α,β-unsaturated/α-hetero) is 2. The molecule has 1 aliphatic rings. The summed E-state index contributed by atoms with van der Waals surface area (Å²) in [7, 11) is 1.55. The van der Waals surface area contributed by atoms with Gasteiger partial charge in [0.1, 0.15) is 6.61 Å². The summed E-state index contributed by atoms with van der Waals surface area (Å²) in [6, 6.07) is 17.9. The predicted octanol–water partition coefficient (Wildman–Crippen LogP) is 5.99. The highest BCUT2D eigenvalue weighted by molar-refractivity contribution is 14.1. The Hall–Kier alpha value is -2.64. The second kappa shape index (κ2) is 8.62. The van der Waals surface area contributed by atoms with Gasteiger partial charge in [-0.05, 0) is 64.1 Å². The molecule has 0 aliphatic heterocycles. The first-order chi connectivity index (χ1) is 14.5. The van der Waals surface area contributed by atoms with Crippen molar-refractivity contribution in [2.75, 3.05) is 7.11 Å². The number of ether oxygens (including phenoxy) is 2. The lowest BCUT2D eigenvalue weighted by Gasteiger charge is -2.14. The predicted molar refractivity (Wildman–Crippen MR) is 125 cm³/mol. The van der Waals surface area contributed by atoms with E-state index in [1.54, 1.807) is 43.5 Å². The molecule has 0 atom stereocenters. The van der Waals surface area contributed by atoms with Gasteiger partial charge in [0.25, 0.3) is 0 Å². The lowest BCUT2D eigenvalue weighted by molar-refractivity contribution is 0.0990. The molecule has 6 heteroatoms. The van der Waals surface area contributed by atoms with Gasteiger partial charge < -0.3 is 9.47 Å². The molecule has 0 heterocycles. The standard InChI is InChI=1S/C24H16ClIO4/c1-29-21-12-15(10-19-22(27)17-4-2-3-5-18(17)23(19)28)11-20(26)24(21)30-13-14-6-8-16(25)9-7-14/h2-12H,13H2,1H3. The second-order valence-electron chi connectivity index (χ2n) is 6.71. The molecule has 0 unspecified atom stereocenters. The SMILES string of the molecule is COc1cc(C=C2C(=O)c3ccccc3C2=O)cc(I)c1OCc1ccc(Cl)cc1. The minimum Gasteiger partial charge on any atom is -0.493 e. The van der Waals surface area contributed by atoms with Gasteiger partial charge in [-0.15, -0.1) is 0 Å². The number of hydrogen-bond acceptors (Lipinski definition) is 4. The molecule has 0 amide bonds. The first-order valence-corrected chi connectivity index (χ1v) is 10.6. The summed E-state index contributed by atoms with van der Waals surface area (Å²) in [4.78, 5) is 25.3. The Morgan fingerprint density at radius 2 is 1.60 bits per heavy atom. The maximum absolute atomic E-state index is 12.6. The summed E-state index contributed by atoms with van der Waals surface area (Å²) < 4.78 is 12.3. The minimum atomic E-state index is -0.257. The van der Waals surface area contributed by atoms with E-state index < -0.39 is 0 Å². The van der Waals surface area contributed by atoms with E-state index in [9.17, 15) is 9.59 Å². The summed E-state index contributed by atoms with van der Waals surface area (Å²) in [5.41, 5.74) is 2.71. The Balaban J connectivity index is 1.63. The Bertz CT molecular complexity index is 1150. The van der Waals surface area contributed by atoms with Crippen molar-refractivity contribution in [2.24, 2.45) is 0 Å². The fourth-order valence-electron chi connectivity index (χ4n) is 3.27. The van der Waals surface area contributed by atoms with Crippen molar-refractivity contribution in [3.8, 4) is 11.5 Å². The molecule has 150 valence electrons. The van der Waals surface area contributed by atoms with E-state index in [1.807, 2.05) is 30.3 Å². The molecule has 0 spiro atoms. The van der Waals surface area contributed by atoms with Crippen molar-refractivity contribution in [3.05, 3.63) is 97.1 Å². The molecule has 0 bridgehead atoms. The van der Waals surface area contributed by atoms with Crippen LogP contribution in [0.15, 0.2) is 66.2 Å². The van der Waals surface area contributed by atoms with Crippen LogP contribution in [0.25, 0.3) is 6.08 Å². The number of carbonyl (C=O) groups excluding carboxylic acids is 2. The largest absolute Gasteiger partial charge is 0.493 e. The van der Waals surface area contributed by atoms with Crippen molar-refractivity contribution in [1.29, 1.82) is 0 Å². The molecule has 4 nitrogen and oxygen atoms in total. The first-order valence-electron chi connectivity index (χ1n) is 9.13. The molecule has 0 saturated heterocycles. The molecule has 0 aromatic heterocycles. The maximum atomic E-state index is 12.6. The van der Waals surface area contributed by atoms with Crippen molar-refractivity contribution in [2.45, 2.75) is 6.61 Å². The maximum Gasteiger partial charge on any atom is 0.197 e. The Labute approximate surface area is 192 Å². The molecular formula is C24H16ClIO4. The minimum absolute atomic E-state index is 0.156. The zero-order valence-corrected chi connectivity index (χ0v) is 18.9. The Morgan fingerprint density at radius 3 is 2.20 bits per heavy atom. The highest BCUT2D eigenvalue weighted by Crippen LogP contribution is 2.36. The number of carbonyl (C=O) groups is 2. The monoisotopic (exact) mass is 530 g/mol. The fraction of sp³-hybridized carbons (Fsp3) is 0.0833. The molecule has 0 N–H and O–H groups in total. The molecule has 0 radical (unpaired) electrons. The molecule has 30 heavy (non-hydrogen) atoms. The Morgan fingerprint density at radius 1 is 0.967 bits per heavy atom. The Kier molecular flexibility index (Phi) is 5.92. The summed E-state index contributed by atoms with van der Waals surface area (Å²) in [6.07, 6.45) is 1.61. The van der Waals surface area contributed by atoms with Gasteiger partial charge in [0.15, 0.2) is 23.1 Å². The molecule has 0 saturated carbocycles. The highest BCUT2D eigenvalue weighted by Gasteiger charge is 2.32. The van der Waals surface area contributed by atoms with E-state index in [2.05, 4.69) is 22.6 Å². The van der Waals surface area contributed by atoms with Gasteiger partial charge >= 0.3 is 0 Å². The van der Waals surface area contributed by atoms with Crippen LogP contribution in [0.5, 0.6) is 11.5 Å². The van der Waals surface area contributed by atoms with Crippen LogP contribution in [0, 0.1) is 3.57 Å². The van der Waals surface area contributed by atoms with E-state index in [4.69, 9.17) is 21.1 Å². The number of methoxy groups -OCH3 is 1. The lowest BCUT2D eigenvalue weighted by atomic mass is 10.1. The molecule has 1 aliphatic carbocycles. The molecule has 3 aromatic carbocycles. The van der Waals surface area contributed by atoms with E-state index in [0.717, 1.165) is 9.13 Å². The summed E-state index contributed by atoms with van der Waals surface area (Å²) in [6.45, 7) is 0.357. The molecule has 0 fully saturated rings. The van der Waals surface area contributed by atoms with Crippen LogP contribution in [0.2, 0.25) is 5.02 Å². The number of hydrogen-bond donors (Lipinski definition) is 0. The fourth-order valence-corrected chi connectivity index (χ4v) is 4.18. The third-order valence-corrected chi connectivity index (χ3v) is 5.82. The third-order valence-electron chi connectivity index (χ3n) is 4.76. The van der Waals surface area contributed by atoms with E-state index >= 15 is 0 Å². The van der Waals surface area contributed by atoms with Crippen molar-refractivity contribution in [1.82, 2.24) is 0 Å². The van der Waals surface area contributed by atoms with E-state index in [0.29, 0.717) is 39.8 Å². The van der Waals surface area contributed by atoms with Crippen molar-refractivity contribution >= 4 is 51.8 Å². The van der Waals surface area contributed by atoms with Crippen molar-refractivity contribution < 1.29 is 19.1 Å². The number of allylic oxidation sites excluding steroid dienone is 1. The van der Waals surface area contributed by atoms with E-state index in [-0.39, 0.29) is 17.1 Å². The lowest BCUT2D eigenvalue weighted by Crippen LogP contribution is -2.02. The van der Waals surface area contributed by atoms with Gasteiger partial charge in [-0.1, -0.05) is 48.0 Å². The summed E-state index contributed by atoms with van der Waals surface area (Å²) in [5, 5.41) is 0.668. The van der Waals surface area contributed by atoms with Gasteiger partial charge in [0.2, 0.25) is 0 Å². The topological polar surface area (TPSA) is 52.6 Å². The van der Waals surface area contributed by atoms with Crippen LogP contribution in [0.4, 0.5) is 0 Å². The third kappa shape index (κ3) is 4.00. The summed E-state index contributed by atoms with van der Waals surface area (Å²) in [5.74, 6) is 0.612. The quantitative estimate of drug-likeness (QED) is 0.231. The average molecular weight is 531 g/mol. The number of halogens is 2. The second-order valence-corrected chi connectivity index (χ2v) is 8.31. The van der Waals surface area contributed by atoms with Gasteiger partial charge in [-0.3, -0.25) is 9.59 Å². The van der Waals surface area contributed by atoms with Crippen LogP contribution >= 0.6 is 34.2 Å². The number of benzene rings is 3. The number of rotatable bonds is 5. The first kappa shape index (κ1) is 20.6. The molecular weight excluding hydrogens is 515 g/mol. The zero-order valence-electron chi connectivity index (χ0n) is 15.9. The normalized spacial score (nSPS) is 12.7. The number of ketones is 2. The van der Waals surface area contributed by atoms with Crippen LogP contribution in [0.3, 0.4) is 0 Å². The van der Waals surface area contributed by atoms with Gasteiger partial charge in [-0.25, -0.2) is 0 Å². The van der Waals surface area contributed by atoms with Gasteiger partial charge in [-0.2, -0.15) is 0 Å². The van der Waals surface area contributed by atoms with Crippen molar-refractivity contribution in [3.63, 3.8) is 0 Å². The van der Waals surface area contributed by atoms with Crippen LogP contribution in [-0.2, 0) is 6.61 Å². The number of fused-ring (bicyclic) bond motifs is 1. The highest BCUT2D eigenvalue weighted by atomic mass is 127. The van der Waals surface area contributed by atoms with Crippen LogP contribution in [0.1, 0.15) is 31.8 Å². The van der Waals surface area contributed by atoms with E-state index in [1.165, 1.54) is 0 Å². The molecule has 4 rings (SSSR count).